The number of fused-ring (bicyclic) bond motifs is 1. The fourth-order valence-electron chi connectivity index (χ4n) is 5.18. The maximum absolute atomic E-state index is 12.3. The van der Waals surface area contributed by atoms with Gasteiger partial charge in [-0.3, -0.25) is 4.79 Å². The highest BCUT2D eigenvalue weighted by molar-refractivity contribution is 6.74. The van der Waals surface area contributed by atoms with Crippen LogP contribution >= 0.6 is 0 Å². The number of Topliss-reactive ketones (excluding diaryl/α,β-unsaturated/α-hetero) is 1. The van der Waals surface area contributed by atoms with Crippen LogP contribution in [0.5, 0.6) is 0 Å². The number of ketones is 1. The molecule has 0 aliphatic heterocycles. The topological polar surface area (TPSA) is 26.3 Å². The molecule has 0 unspecified atom stereocenters. The van der Waals surface area contributed by atoms with Gasteiger partial charge in [0, 0.05) is 18.4 Å². The van der Waals surface area contributed by atoms with Gasteiger partial charge in [0.25, 0.3) is 0 Å². The van der Waals surface area contributed by atoms with Gasteiger partial charge in [0.2, 0.25) is 0 Å². The largest absolute Gasteiger partial charge is 0.414 e. The second-order valence-corrected chi connectivity index (χ2v) is 15.5. The van der Waals surface area contributed by atoms with Gasteiger partial charge in [-0.1, -0.05) is 46.8 Å². The molecule has 26 heavy (non-hydrogen) atoms. The third-order valence-corrected chi connectivity index (χ3v) is 12.4. The minimum absolute atomic E-state index is 0.238. The molecule has 2 aliphatic rings. The molecule has 0 radical (unpaired) electrons. The van der Waals surface area contributed by atoms with Crippen molar-refractivity contribution in [1.82, 2.24) is 0 Å². The number of carbonyl (C=O) groups is 1. The maximum Gasteiger partial charge on any atom is 0.192 e. The van der Waals surface area contributed by atoms with Gasteiger partial charge in [-0.05, 0) is 74.4 Å². The zero-order valence-electron chi connectivity index (χ0n) is 18.5. The van der Waals surface area contributed by atoms with Crippen molar-refractivity contribution < 1.29 is 9.22 Å². The number of allylic oxidation sites excluding steroid dienone is 1. The first kappa shape index (κ1) is 21.9. The molecule has 0 aromatic rings. The van der Waals surface area contributed by atoms with E-state index in [0.29, 0.717) is 23.5 Å². The standard InChI is InChI=1S/C23H42O2Si/c1-17(11-9-12-18(2)25-26(7,8)22(3,4)5)19-14-15-20-21(24)13-10-16-23(19,20)6/h9,11,17-20H,10,12-16H2,1-8H3/b11-9+/t17-,18-,19-,20+,23-/m1/s1. The molecule has 2 nitrogen and oxygen atoms in total. The van der Waals surface area contributed by atoms with Crippen LogP contribution in [0.2, 0.25) is 18.1 Å². The van der Waals surface area contributed by atoms with Gasteiger partial charge in [-0.2, -0.15) is 0 Å². The molecule has 2 aliphatic carbocycles. The molecule has 2 fully saturated rings. The summed E-state index contributed by atoms with van der Waals surface area (Å²) in [4.78, 5) is 12.3. The van der Waals surface area contributed by atoms with Crippen molar-refractivity contribution >= 4 is 14.1 Å². The van der Waals surface area contributed by atoms with Gasteiger partial charge in [-0.25, -0.2) is 0 Å². The Kier molecular flexibility index (Phi) is 6.66. The minimum atomic E-state index is -1.69. The van der Waals surface area contributed by atoms with E-state index in [1.807, 2.05) is 0 Å². The van der Waals surface area contributed by atoms with Crippen LogP contribution in [0.3, 0.4) is 0 Å². The Morgan fingerprint density at radius 1 is 1.27 bits per heavy atom. The zero-order valence-corrected chi connectivity index (χ0v) is 19.5. The number of carbonyl (C=O) groups excluding carboxylic acids is 1. The highest BCUT2D eigenvalue weighted by Crippen LogP contribution is 2.56. The second kappa shape index (κ2) is 7.91. The van der Waals surface area contributed by atoms with E-state index in [0.717, 1.165) is 25.7 Å². The van der Waals surface area contributed by atoms with Gasteiger partial charge in [-0.15, -0.1) is 0 Å². The van der Waals surface area contributed by atoms with Crippen molar-refractivity contribution in [2.24, 2.45) is 23.2 Å². The fraction of sp³-hybridized carbons (Fsp3) is 0.870. The summed E-state index contributed by atoms with van der Waals surface area (Å²) in [6, 6.07) is 0. The molecule has 3 heteroatoms. The van der Waals surface area contributed by atoms with Crippen molar-refractivity contribution in [2.45, 2.75) is 104 Å². The van der Waals surface area contributed by atoms with E-state index in [-0.39, 0.29) is 16.6 Å². The smallest absolute Gasteiger partial charge is 0.192 e. The molecular weight excluding hydrogens is 336 g/mol. The van der Waals surface area contributed by atoms with E-state index in [1.54, 1.807) is 0 Å². The molecule has 0 heterocycles. The zero-order chi connectivity index (χ0) is 19.8. The van der Waals surface area contributed by atoms with E-state index < -0.39 is 8.32 Å². The first-order chi connectivity index (χ1) is 11.9. The molecule has 0 aromatic carbocycles. The van der Waals surface area contributed by atoms with Gasteiger partial charge in [0.05, 0.1) is 0 Å². The van der Waals surface area contributed by atoms with E-state index in [2.05, 4.69) is 66.8 Å². The van der Waals surface area contributed by atoms with Crippen molar-refractivity contribution in [1.29, 1.82) is 0 Å². The summed E-state index contributed by atoms with van der Waals surface area (Å²) in [6.07, 6.45) is 11.5. The highest BCUT2D eigenvalue weighted by Gasteiger charge is 2.51. The summed E-state index contributed by atoms with van der Waals surface area (Å²) in [7, 11) is -1.69. The summed E-state index contributed by atoms with van der Waals surface area (Å²) in [5, 5.41) is 0.263. The highest BCUT2D eigenvalue weighted by atomic mass is 28.4. The van der Waals surface area contributed by atoms with Crippen molar-refractivity contribution in [3.05, 3.63) is 12.2 Å². The van der Waals surface area contributed by atoms with Crippen molar-refractivity contribution in [3.8, 4) is 0 Å². The van der Waals surface area contributed by atoms with Crippen LogP contribution in [0.15, 0.2) is 12.2 Å². The molecule has 150 valence electrons. The Balaban J connectivity index is 1.91. The Labute approximate surface area is 163 Å². The average molecular weight is 379 g/mol. The van der Waals surface area contributed by atoms with Gasteiger partial charge >= 0.3 is 0 Å². The molecule has 5 atom stereocenters. The lowest BCUT2D eigenvalue weighted by atomic mass is 9.62. The molecule has 2 saturated carbocycles. The van der Waals surface area contributed by atoms with Crippen molar-refractivity contribution in [3.63, 3.8) is 0 Å². The predicted octanol–water partition coefficient (Wildman–Crippen LogP) is 6.76. The fourth-order valence-corrected chi connectivity index (χ4v) is 6.64. The van der Waals surface area contributed by atoms with E-state index in [1.165, 1.54) is 12.8 Å². The SMILES string of the molecule is C[C@H](C/C=C/[C@@H](C)[C@H]1CC[C@H]2C(=O)CCC[C@]12C)O[Si](C)(C)C(C)(C)C. The molecule has 0 saturated heterocycles. The van der Waals surface area contributed by atoms with Crippen molar-refractivity contribution in [2.75, 3.05) is 0 Å². The molecule has 0 bridgehead atoms. The summed E-state index contributed by atoms with van der Waals surface area (Å²) >= 11 is 0. The second-order valence-electron chi connectivity index (χ2n) is 10.8. The first-order valence-electron chi connectivity index (χ1n) is 10.8. The van der Waals surface area contributed by atoms with E-state index in [4.69, 9.17) is 4.43 Å². The summed E-state index contributed by atoms with van der Waals surface area (Å²) in [5.41, 5.74) is 0.238. The summed E-state index contributed by atoms with van der Waals surface area (Å²) in [6.45, 7) is 18.5. The molecule has 0 spiro atoms. The molecular formula is C23H42O2Si. The van der Waals surface area contributed by atoms with Crippen LogP contribution in [0.1, 0.15) is 80.1 Å². The Hall–Kier alpha value is -0.413. The van der Waals surface area contributed by atoms with Gasteiger partial charge in [0.15, 0.2) is 8.32 Å². The summed E-state index contributed by atoms with van der Waals surface area (Å²) < 4.78 is 6.47. The third kappa shape index (κ3) is 4.52. The van der Waals surface area contributed by atoms with Crippen LogP contribution in [-0.2, 0) is 9.22 Å². The van der Waals surface area contributed by atoms with Crippen LogP contribution in [0.25, 0.3) is 0 Å². The van der Waals surface area contributed by atoms with Crippen LogP contribution in [0.4, 0.5) is 0 Å². The molecule has 2 rings (SSSR count). The van der Waals surface area contributed by atoms with Gasteiger partial charge < -0.3 is 4.43 Å². The Morgan fingerprint density at radius 3 is 2.54 bits per heavy atom. The number of rotatable bonds is 6. The van der Waals surface area contributed by atoms with E-state index in [9.17, 15) is 4.79 Å². The maximum atomic E-state index is 12.3. The molecule has 0 N–H and O–H groups in total. The Morgan fingerprint density at radius 2 is 1.92 bits per heavy atom. The third-order valence-electron chi connectivity index (χ3n) is 7.78. The van der Waals surface area contributed by atoms with Crippen LogP contribution in [-0.4, -0.2) is 20.2 Å². The number of hydrogen-bond acceptors (Lipinski definition) is 2. The Bertz CT molecular complexity index is 531. The van der Waals surface area contributed by atoms with Crippen LogP contribution < -0.4 is 0 Å². The normalized spacial score (nSPS) is 32.7. The predicted molar refractivity (Wildman–Crippen MR) is 114 cm³/mol. The number of hydrogen-bond donors (Lipinski definition) is 0. The minimum Gasteiger partial charge on any atom is -0.414 e. The monoisotopic (exact) mass is 378 g/mol. The molecule has 0 aromatic heterocycles. The molecule has 0 amide bonds. The quantitative estimate of drug-likeness (QED) is 0.377. The van der Waals surface area contributed by atoms with E-state index >= 15 is 0 Å². The first-order valence-corrected chi connectivity index (χ1v) is 13.7. The average Bonchev–Trinajstić information content (AvgIpc) is 2.84. The van der Waals surface area contributed by atoms with Gasteiger partial charge in [0.1, 0.15) is 5.78 Å². The lowest BCUT2D eigenvalue weighted by Crippen LogP contribution is -2.43. The van der Waals surface area contributed by atoms with Crippen LogP contribution in [0, 0.1) is 23.2 Å². The summed E-state index contributed by atoms with van der Waals surface area (Å²) in [5.74, 6) is 2.08. The lowest BCUT2D eigenvalue weighted by molar-refractivity contribution is -0.129. The lowest BCUT2D eigenvalue weighted by Gasteiger charge is -2.41.